The molecule has 1 heterocycles. The Labute approximate surface area is 105 Å². The summed E-state index contributed by atoms with van der Waals surface area (Å²) >= 11 is 0. The molecule has 0 radical (unpaired) electrons. The molecule has 0 aromatic rings. The molecule has 0 aromatic carbocycles. The van der Waals surface area contributed by atoms with Crippen LogP contribution in [-0.2, 0) is 4.79 Å². The molecule has 1 amide bonds. The van der Waals surface area contributed by atoms with Gasteiger partial charge >= 0.3 is 0 Å². The molecule has 1 rings (SSSR count). The molecule has 1 aliphatic heterocycles. The first-order valence-electron chi connectivity index (χ1n) is 6.92. The van der Waals surface area contributed by atoms with Gasteiger partial charge in [-0.3, -0.25) is 4.79 Å². The Morgan fingerprint density at radius 1 is 1.47 bits per heavy atom. The van der Waals surface area contributed by atoms with E-state index < -0.39 is 0 Å². The molecule has 1 saturated heterocycles. The van der Waals surface area contributed by atoms with Gasteiger partial charge in [-0.15, -0.1) is 0 Å². The summed E-state index contributed by atoms with van der Waals surface area (Å²) in [4.78, 5) is 11.7. The minimum atomic E-state index is 0.195. The van der Waals surface area contributed by atoms with Crippen molar-refractivity contribution in [3.8, 4) is 0 Å². The van der Waals surface area contributed by atoms with Crippen LogP contribution in [0.3, 0.4) is 0 Å². The number of likely N-dealkylation sites (N-methyl/N-ethyl adjacent to an activating group) is 1. The van der Waals surface area contributed by atoms with Gasteiger partial charge in [0.25, 0.3) is 0 Å². The summed E-state index contributed by atoms with van der Waals surface area (Å²) in [6, 6.07) is 0. The van der Waals surface area contributed by atoms with E-state index in [0.717, 1.165) is 32.7 Å². The smallest absolute Gasteiger partial charge is 0.220 e. The van der Waals surface area contributed by atoms with Gasteiger partial charge in [0, 0.05) is 19.5 Å². The lowest BCUT2D eigenvalue weighted by Crippen LogP contribution is -2.37. The monoisotopic (exact) mass is 241 g/mol. The number of amides is 1. The second kappa shape index (κ2) is 8.48. The van der Waals surface area contributed by atoms with Gasteiger partial charge in [-0.2, -0.15) is 0 Å². The number of nitrogens with one attached hydrogen (secondary N) is 3. The van der Waals surface area contributed by atoms with Crippen molar-refractivity contribution in [2.45, 2.75) is 33.1 Å². The van der Waals surface area contributed by atoms with Gasteiger partial charge in [-0.25, -0.2) is 0 Å². The highest BCUT2D eigenvalue weighted by atomic mass is 16.1. The lowest BCUT2D eigenvalue weighted by Gasteiger charge is -2.28. The molecule has 0 aliphatic carbocycles. The zero-order valence-electron chi connectivity index (χ0n) is 11.2. The van der Waals surface area contributed by atoms with Crippen LogP contribution in [0.1, 0.15) is 33.1 Å². The number of rotatable bonds is 7. The number of piperidine rings is 1. The molecule has 0 bridgehead atoms. The van der Waals surface area contributed by atoms with Gasteiger partial charge < -0.3 is 16.0 Å². The number of carbonyl (C=O) groups excluding carboxylic acids is 1. The summed E-state index contributed by atoms with van der Waals surface area (Å²) in [5, 5.41) is 9.57. The quantitative estimate of drug-likeness (QED) is 0.576. The molecular formula is C13H27N3O. The third kappa shape index (κ3) is 6.03. The van der Waals surface area contributed by atoms with Crippen molar-refractivity contribution in [2.75, 3.05) is 32.7 Å². The van der Waals surface area contributed by atoms with Crippen molar-refractivity contribution in [3.63, 3.8) is 0 Å². The summed E-state index contributed by atoms with van der Waals surface area (Å²) in [6.45, 7) is 9.04. The standard InChI is InChI=1S/C13H27N3O/c1-3-14-7-8-16-13(17)9-11(2)12-5-4-6-15-10-12/h11-12,14-15H,3-10H2,1-2H3,(H,16,17). The average Bonchev–Trinajstić information content (AvgIpc) is 2.36. The van der Waals surface area contributed by atoms with E-state index in [1.165, 1.54) is 12.8 Å². The molecule has 4 nitrogen and oxygen atoms in total. The first-order chi connectivity index (χ1) is 8.24. The maximum absolute atomic E-state index is 11.7. The van der Waals surface area contributed by atoms with Crippen LogP contribution in [0.2, 0.25) is 0 Å². The maximum Gasteiger partial charge on any atom is 0.220 e. The highest BCUT2D eigenvalue weighted by molar-refractivity contribution is 5.76. The Kier molecular flexibility index (Phi) is 7.21. The SMILES string of the molecule is CCNCCNC(=O)CC(C)C1CCCNC1. The van der Waals surface area contributed by atoms with Gasteiger partial charge in [0.15, 0.2) is 0 Å². The molecule has 1 aliphatic rings. The fraction of sp³-hybridized carbons (Fsp3) is 0.923. The third-order valence-corrected chi connectivity index (χ3v) is 3.52. The topological polar surface area (TPSA) is 53.2 Å². The van der Waals surface area contributed by atoms with Crippen LogP contribution < -0.4 is 16.0 Å². The summed E-state index contributed by atoms with van der Waals surface area (Å²) in [7, 11) is 0. The molecule has 17 heavy (non-hydrogen) atoms. The molecule has 0 saturated carbocycles. The Morgan fingerprint density at radius 3 is 2.94 bits per heavy atom. The number of hydrogen-bond donors (Lipinski definition) is 3. The number of carbonyl (C=O) groups is 1. The number of hydrogen-bond acceptors (Lipinski definition) is 3. The van der Waals surface area contributed by atoms with E-state index in [2.05, 4.69) is 29.8 Å². The van der Waals surface area contributed by atoms with Crippen LogP contribution in [0.4, 0.5) is 0 Å². The fourth-order valence-corrected chi connectivity index (χ4v) is 2.36. The summed E-state index contributed by atoms with van der Waals surface area (Å²) in [5.74, 6) is 1.35. The zero-order chi connectivity index (χ0) is 12.5. The highest BCUT2D eigenvalue weighted by Gasteiger charge is 2.21. The Bertz CT molecular complexity index is 215. The van der Waals surface area contributed by atoms with Crippen molar-refractivity contribution in [3.05, 3.63) is 0 Å². The van der Waals surface area contributed by atoms with Gasteiger partial charge in [0.1, 0.15) is 0 Å². The van der Waals surface area contributed by atoms with E-state index >= 15 is 0 Å². The van der Waals surface area contributed by atoms with Crippen LogP contribution in [-0.4, -0.2) is 38.6 Å². The highest BCUT2D eigenvalue weighted by Crippen LogP contribution is 2.22. The van der Waals surface area contributed by atoms with E-state index in [9.17, 15) is 4.79 Å². The molecule has 4 heteroatoms. The van der Waals surface area contributed by atoms with E-state index in [0.29, 0.717) is 18.3 Å². The van der Waals surface area contributed by atoms with E-state index in [-0.39, 0.29) is 5.91 Å². The molecule has 1 fully saturated rings. The van der Waals surface area contributed by atoms with Gasteiger partial charge in [-0.05, 0) is 44.3 Å². The second-order valence-corrected chi connectivity index (χ2v) is 4.99. The fourth-order valence-electron chi connectivity index (χ4n) is 2.36. The van der Waals surface area contributed by atoms with E-state index in [1.54, 1.807) is 0 Å². The lowest BCUT2D eigenvalue weighted by atomic mass is 9.85. The Morgan fingerprint density at radius 2 is 2.29 bits per heavy atom. The predicted octanol–water partition coefficient (Wildman–Crippen LogP) is 0.738. The molecule has 100 valence electrons. The Hall–Kier alpha value is -0.610. The van der Waals surface area contributed by atoms with Crippen molar-refractivity contribution >= 4 is 5.91 Å². The third-order valence-electron chi connectivity index (χ3n) is 3.52. The molecule has 0 aromatic heterocycles. The average molecular weight is 241 g/mol. The first-order valence-corrected chi connectivity index (χ1v) is 6.92. The minimum absolute atomic E-state index is 0.195. The van der Waals surface area contributed by atoms with Crippen molar-refractivity contribution < 1.29 is 4.79 Å². The van der Waals surface area contributed by atoms with Crippen molar-refractivity contribution in [1.29, 1.82) is 0 Å². The molecule has 2 unspecified atom stereocenters. The first kappa shape index (κ1) is 14.5. The van der Waals surface area contributed by atoms with E-state index in [4.69, 9.17) is 0 Å². The summed E-state index contributed by atoms with van der Waals surface area (Å²) in [6.07, 6.45) is 3.17. The van der Waals surface area contributed by atoms with Crippen LogP contribution in [0, 0.1) is 11.8 Å². The zero-order valence-corrected chi connectivity index (χ0v) is 11.2. The molecule has 2 atom stereocenters. The molecule has 0 spiro atoms. The normalized spacial score (nSPS) is 22.1. The van der Waals surface area contributed by atoms with Gasteiger partial charge in [-0.1, -0.05) is 13.8 Å². The van der Waals surface area contributed by atoms with Gasteiger partial charge in [0.05, 0.1) is 0 Å². The summed E-state index contributed by atoms with van der Waals surface area (Å²) < 4.78 is 0. The molecular weight excluding hydrogens is 214 g/mol. The summed E-state index contributed by atoms with van der Waals surface area (Å²) in [5.41, 5.74) is 0. The second-order valence-electron chi connectivity index (χ2n) is 4.99. The maximum atomic E-state index is 11.7. The van der Waals surface area contributed by atoms with Crippen LogP contribution >= 0.6 is 0 Å². The lowest BCUT2D eigenvalue weighted by molar-refractivity contribution is -0.122. The van der Waals surface area contributed by atoms with Crippen LogP contribution in [0.15, 0.2) is 0 Å². The van der Waals surface area contributed by atoms with Gasteiger partial charge in [0.2, 0.25) is 5.91 Å². The Balaban J connectivity index is 2.11. The van der Waals surface area contributed by atoms with E-state index in [1.807, 2.05) is 0 Å². The predicted molar refractivity (Wildman–Crippen MR) is 70.9 cm³/mol. The minimum Gasteiger partial charge on any atom is -0.355 e. The van der Waals surface area contributed by atoms with Crippen LogP contribution in [0.25, 0.3) is 0 Å². The van der Waals surface area contributed by atoms with Crippen molar-refractivity contribution in [2.24, 2.45) is 11.8 Å². The van der Waals surface area contributed by atoms with Crippen molar-refractivity contribution in [1.82, 2.24) is 16.0 Å². The molecule has 3 N–H and O–H groups in total. The van der Waals surface area contributed by atoms with Crippen LogP contribution in [0.5, 0.6) is 0 Å². The largest absolute Gasteiger partial charge is 0.355 e.